The Hall–Kier alpha value is -0.530. The Bertz CT molecular complexity index is 214. The van der Waals surface area contributed by atoms with E-state index < -0.39 is 0 Å². The van der Waals surface area contributed by atoms with Crippen LogP contribution in [0.1, 0.15) is 110 Å². The van der Waals surface area contributed by atoms with E-state index in [1.807, 2.05) is 0 Å². The molecule has 0 heterocycles. The molecule has 0 radical (unpaired) electrons. The zero-order valence-corrected chi connectivity index (χ0v) is 14.6. The number of carbonyl (C=O) groups is 1. The van der Waals surface area contributed by atoms with Crippen LogP contribution in [0.5, 0.6) is 0 Å². The molecule has 0 saturated carbocycles. The van der Waals surface area contributed by atoms with Crippen LogP contribution in [0, 0.1) is 0 Å². The minimum absolute atomic E-state index is 0.0651. The number of ether oxygens (including phenoxy) is 1. The van der Waals surface area contributed by atoms with Gasteiger partial charge in [0, 0.05) is 6.42 Å². The maximum absolute atomic E-state index is 10.9. The standard InChI is InChI=1S/C19H38O2/c1-3-4-5-6-7-8-9-10-11-12-13-14-15-16-17-18-19(20)21-2/h3-18H2,1-2H3/i2+1. The van der Waals surface area contributed by atoms with Crippen LogP contribution in [0.4, 0.5) is 0 Å². The zero-order valence-electron chi connectivity index (χ0n) is 14.6. The van der Waals surface area contributed by atoms with Gasteiger partial charge in [0.05, 0.1) is 7.11 Å². The summed E-state index contributed by atoms with van der Waals surface area (Å²) >= 11 is 0. The fraction of sp³-hybridized carbons (Fsp3) is 0.947. The number of hydrogen-bond acceptors (Lipinski definition) is 2. The quantitative estimate of drug-likeness (QED) is 0.187. The molecule has 0 atom stereocenters. The van der Waals surface area contributed by atoms with Crippen LogP contribution in [-0.4, -0.2) is 13.1 Å². The Kier molecular flexibility index (Phi) is 17.1. The molecule has 0 aliphatic heterocycles. The van der Waals surface area contributed by atoms with Crippen LogP contribution in [0.2, 0.25) is 0 Å². The molecule has 0 fully saturated rings. The number of carbonyl (C=O) groups excluding carboxylic acids is 1. The van der Waals surface area contributed by atoms with E-state index in [2.05, 4.69) is 11.7 Å². The maximum atomic E-state index is 10.9. The van der Waals surface area contributed by atoms with Gasteiger partial charge in [-0.3, -0.25) is 4.79 Å². The second kappa shape index (κ2) is 17.5. The van der Waals surface area contributed by atoms with Crippen LogP contribution in [-0.2, 0) is 9.53 Å². The molecule has 0 rings (SSSR count). The summed E-state index contributed by atoms with van der Waals surface area (Å²) in [5, 5.41) is 0. The first kappa shape index (κ1) is 20.5. The Balaban J connectivity index is 2.98. The molecule has 21 heavy (non-hydrogen) atoms. The topological polar surface area (TPSA) is 26.3 Å². The van der Waals surface area contributed by atoms with Crippen LogP contribution in [0.3, 0.4) is 0 Å². The first-order chi connectivity index (χ1) is 10.3. The molecule has 0 N–H and O–H groups in total. The zero-order chi connectivity index (χ0) is 15.6. The predicted molar refractivity (Wildman–Crippen MR) is 91.6 cm³/mol. The lowest BCUT2D eigenvalue weighted by Gasteiger charge is -2.03. The fourth-order valence-electron chi connectivity index (χ4n) is 2.74. The third-order valence-electron chi connectivity index (χ3n) is 4.21. The summed E-state index contributed by atoms with van der Waals surface area (Å²) in [7, 11) is 1.47. The summed E-state index contributed by atoms with van der Waals surface area (Å²) < 4.78 is 4.63. The van der Waals surface area contributed by atoms with E-state index in [-0.39, 0.29) is 5.97 Å². The summed E-state index contributed by atoms with van der Waals surface area (Å²) in [6.07, 6.45) is 20.9. The number of unbranched alkanes of at least 4 members (excludes halogenated alkanes) is 14. The van der Waals surface area contributed by atoms with E-state index in [0.717, 1.165) is 6.42 Å². The van der Waals surface area contributed by atoms with Crippen molar-refractivity contribution in [1.82, 2.24) is 0 Å². The second-order valence-electron chi connectivity index (χ2n) is 6.28. The van der Waals surface area contributed by atoms with Crippen molar-refractivity contribution in [2.45, 2.75) is 110 Å². The molecule has 2 heteroatoms. The summed E-state index contributed by atoms with van der Waals surface area (Å²) in [6, 6.07) is 0. The van der Waals surface area contributed by atoms with Crippen molar-refractivity contribution < 1.29 is 9.53 Å². The molecule has 0 aliphatic carbocycles. The van der Waals surface area contributed by atoms with Crippen molar-refractivity contribution in [2.24, 2.45) is 0 Å². The van der Waals surface area contributed by atoms with Gasteiger partial charge in [0.15, 0.2) is 0 Å². The molecule has 0 aliphatic rings. The lowest BCUT2D eigenvalue weighted by Crippen LogP contribution is -1.99. The second-order valence-corrected chi connectivity index (χ2v) is 6.28. The highest BCUT2D eigenvalue weighted by Gasteiger charge is 1.99. The van der Waals surface area contributed by atoms with Gasteiger partial charge < -0.3 is 4.74 Å². The first-order valence-corrected chi connectivity index (χ1v) is 9.38. The summed E-state index contributed by atoms with van der Waals surface area (Å²) in [4.78, 5) is 10.9. The van der Waals surface area contributed by atoms with E-state index >= 15 is 0 Å². The molecule has 0 bridgehead atoms. The highest BCUT2D eigenvalue weighted by molar-refractivity contribution is 5.68. The molecule has 0 aromatic heterocycles. The van der Waals surface area contributed by atoms with Crippen LogP contribution >= 0.6 is 0 Å². The van der Waals surface area contributed by atoms with Gasteiger partial charge in [-0.15, -0.1) is 0 Å². The molecule has 0 unspecified atom stereocenters. The predicted octanol–water partition coefficient (Wildman–Crippen LogP) is 6.42. The first-order valence-electron chi connectivity index (χ1n) is 9.38. The number of hydrogen-bond donors (Lipinski definition) is 0. The van der Waals surface area contributed by atoms with E-state index in [1.165, 1.54) is 97.0 Å². The van der Waals surface area contributed by atoms with Crippen LogP contribution in [0.15, 0.2) is 0 Å². The van der Waals surface area contributed by atoms with Crippen LogP contribution < -0.4 is 0 Å². The minimum atomic E-state index is -0.0651. The number of rotatable bonds is 16. The van der Waals surface area contributed by atoms with E-state index in [1.54, 1.807) is 0 Å². The van der Waals surface area contributed by atoms with E-state index in [0.29, 0.717) is 6.42 Å². The van der Waals surface area contributed by atoms with Crippen molar-refractivity contribution >= 4 is 5.97 Å². The highest BCUT2D eigenvalue weighted by atomic mass is 16.6. The summed E-state index contributed by atoms with van der Waals surface area (Å²) in [5.74, 6) is -0.0651. The largest absolute Gasteiger partial charge is 0.469 e. The van der Waals surface area contributed by atoms with Gasteiger partial charge in [-0.1, -0.05) is 96.8 Å². The van der Waals surface area contributed by atoms with E-state index in [9.17, 15) is 4.79 Å². The van der Waals surface area contributed by atoms with Gasteiger partial charge >= 0.3 is 5.97 Å². The Morgan fingerprint density at radius 1 is 0.619 bits per heavy atom. The lowest BCUT2D eigenvalue weighted by molar-refractivity contribution is -0.140. The molecular weight excluding hydrogens is 261 g/mol. The van der Waals surface area contributed by atoms with Crippen molar-refractivity contribution in [3.8, 4) is 0 Å². The SMILES string of the molecule is CCCCCCCCCCCCCCCCCC(=O)O[13CH3]. The summed E-state index contributed by atoms with van der Waals surface area (Å²) in [5.41, 5.74) is 0. The third kappa shape index (κ3) is 17.4. The average molecular weight is 300 g/mol. The van der Waals surface area contributed by atoms with Gasteiger partial charge in [0.25, 0.3) is 0 Å². The molecule has 0 spiro atoms. The van der Waals surface area contributed by atoms with Crippen LogP contribution in [0.25, 0.3) is 0 Å². The van der Waals surface area contributed by atoms with Gasteiger partial charge in [0.2, 0.25) is 0 Å². The normalized spacial score (nSPS) is 10.8. The van der Waals surface area contributed by atoms with Crippen molar-refractivity contribution in [2.75, 3.05) is 7.11 Å². The van der Waals surface area contributed by atoms with E-state index in [4.69, 9.17) is 0 Å². The minimum Gasteiger partial charge on any atom is -0.469 e. The molecule has 0 aromatic rings. The third-order valence-corrected chi connectivity index (χ3v) is 4.21. The van der Waals surface area contributed by atoms with Crippen molar-refractivity contribution in [3.05, 3.63) is 0 Å². The molecule has 0 aromatic carbocycles. The smallest absolute Gasteiger partial charge is 0.305 e. The lowest BCUT2D eigenvalue weighted by atomic mass is 10.0. The summed E-state index contributed by atoms with van der Waals surface area (Å²) in [6.45, 7) is 2.28. The van der Waals surface area contributed by atoms with Gasteiger partial charge in [-0.05, 0) is 6.42 Å². The maximum Gasteiger partial charge on any atom is 0.305 e. The van der Waals surface area contributed by atoms with Crippen molar-refractivity contribution in [1.29, 1.82) is 0 Å². The molecule has 0 saturated heterocycles. The van der Waals surface area contributed by atoms with Gasteiger partial charge in [-0.25, -0.2) is 0 Å². The molecular formula is C19H38O2. The highest BCUT2D eigenvalue weighted by Crippen LogP contribution is 2.13. The molecule has 126 valence electrons. The van der Waals surface area contributed by atoms with Gasteiger partial charge in [0.1, 0.15) is 0 Å². The monoisotopic (exact) mass is 299 g/mol. The van der Waals surface area contributed by atoms with Gasteiger partial charge in [-0.2, -0.15) is 0 Å². The molecule has 2 nitrogen and oxygen atoms in total. The average Bonchev–Trinajstić information content (AvgIpc) is 2.50. The number of methoxy groups -OCH3 is 1. The fourth-order valence-corrected chi connectivity index (χ4v) is 2.74. The Morgan fingerprint density at radius 3 is 1.29 bits per heavy atom. The number of esters is 1. The Labute approximate surface area is 133 Å². The molecule has 0 amide bonds. The Morgan fingerprint density at radius 2 is 0.952 bits per heavy atom. The van der Waals surface area contributed by atoms with Crippen molar-refractivity contribution in [3.63, 3.8) is 0 Å².